The Kier molecular flexibility index (Phi) is 53.8. The first kappa shape index (κ1) is 72.2. The number of phosphoric acid groups is 1. The molecule has 1 amide bonds. The van der Waals surface area contributed by atoms with Gasteiger partial charge < -0.3 is 28.8 Å². The van der Waals surface area contributed by atoms with Crippen LogP contribution in [-0.4, -0.2) is 68.5 Å². The van der Waals surface area contributed by atoms with E-state index < -0.39 is 26.6 Å². The van der Waals surface area contributed by atoms with Crippen molar-refractivity contribution in [3.63, 3.8) is 0 Å². The molecule has 0 saturated heterocycles. The number of phosphoric ester groups is 1. The average Bonchev–Trinajstić information content (AvgIpc) is 3.37. The molecule has 0 aliphatic heterocycles. The Labute approximate surface area is 463 Å². The number of aliphatic hydroxyl groups excluding tert-OH is 1. The van der Waals surface area contributed by atoms with E-state index in [1.165, 1.54) is 148 Å². The summed E-state index contributed by atoms with van der Waals surface area (Å²) in [6.07, 6.45) is 81.8. The predicted octanol–water partition coefficient (Wildman–Crippen LogP) is 18.5. The fourth-order valence-electron chi connectivity index (χ4n) is 8.42. The minimum absolute atomic E-state index is 0.0126. The zero-order valence-corrected chi connectivity index (χ0v) is 50.1. The molecule has 3 unspecified atom stereocenters. The summed E-state index contributed by atoms with van der Waals surface area (Å²) in [6, 6.07) is -0.915. The van der Waals surface area contributed by atoms with Gasteiger partial charge in [0.05, 0.1) is 39.9 Å². The molecule has 0 spiro atoms. The summed E-state index contributed by atoms with van der Waals surface area (Å²) in [7, 11) is 1.23. The van der Waals surface area contributed by atoms with Gasteiger partial charge in [0.25, 0.3) is 7.82 Å². The normalized spacial score (nSPS) is 14.6. The molecule has 0 fully saturated rings. The lowest BCUT2D eigenvalue weighted by molar-refractivity contribution is -0.870. The van der Waals surface area contributed by atoms with E-state index in [9.17, 15) is 19.4 Å². The smallest absolute Gasteiger partial charge is 0.268 e. The zero-order valence-electron chi connectivity index (χ0n) is 49.2. The predicted molar refractivity (Wildman–Crippen MR) is 325 cm³/mol. The Balaban J connectivity index is 4.13. The summed E-state index contributed by atoms with van der Waals surface area (Å²) in [5.74, 6) is -0.214. The molecule has 3 atom stereocenters. The van der Waals surface area contributed by atoms with E-state index in [0.717, 1.165) is 83.5 Å². The lowest BCUT2D eigenvalue weighted by Crippen LogP contribution is -2.45. The number of hydrogen-bond acceptors (Lipinski definition) is 6. The number of carbonyl (C=O) groups is 1. The van der Waals surface area contributed by atoms with E-state index in [2.05, 4.69) is 116 Å². The monoisotopic (exact) mass is 1060 g/mol. The maximum absolute atomic E-state index is 13.0. The molecule has 8 nitrogen and oxygen atoms in total. The van der Waals surface area contributed by atoms with Crippen LogP contribution in [-0.2, 0) is 18.4 Å². The quantitative estimate of drug-likeness (QED) is 0.0272. The summed E-state index contributed by atoms with van der Waals surface area (Å²) in [4.78, 5) is 25.5. The van der Waals surface area contributed by atoms with Gasteiger partial charge in [-0.15, -0.1) is 0 Å². The van der Waals surface area contributed by atoms with Crippen LogP contribution in [0.1, 0.15) is 251 Å². The molecule has 0 saturated carbocycles. The van der Waals surface area contributed by atoms with Crippen LogP contribution in [0, 0.1) is 0 Å². The SMILES string of the molecule is CC/C=C\C/C=C\C/C=C\C/C=C\C/C=C\C/C=C\CCCCCCCCCCCCCCCCCCC(=O)NC(COP(=O)([O-])OCC[N+](C)(C)C)C(O)/C=C/CC/C=C/CC/C=C/CCCCCCCCCC. The molecule has 0 aromatic carbocycles. The van der Waals surface area contributed by atoms with Gasteiger partial charge in [-0.05, 0) is 96.3 Å². The van der Waals surface area contributed by atoms with Crippen LogP contribution in [0.2, 0.25) is 0 Å². The summed E-state index contributed by atoms with van der Waals surface area (Å²) < 4.78 is 23.3. The minimum atomic E-state index is -4.61. The van der Waals surface area contributed by atoms with Gasteiger partial charge in [-0.2, -0.15) is 0 Å². The van der Waals surface area contributed by atoms with Gasteiger partial charge in [-0.1, -0.05) is 258 Å². The first-order valence-corrected chi connectivity index (χ1v) is 32.2. The topological polar surface area (TPSA) is 108 Å². The highest BCUT2D eigenvalue weighted by Gasteiger charge is 2.23. The van der Waals surface area contributed by atoms with Crippen LogP contribution in [0.5, 0.6) is 0 Å². The number of carbonyl (C=O) groups excluding carboxylic acids is 1. The highest BCUT2D eigenvalue weighted by molar-refractivity contribution is 7.45. The highest BCUT2D eigenvalue weighted by Crippen LogP contribution is 2.38. The maximum Gasteiger partial charge on any atom is 0.268 e. The molecular weight excluding hydrogens is 948 g/mol. The van der Waals surface area contributed by atoms with Crippen LogP contribution in [0.25, 0.3) is 0 Å². The van der Waals surface area contributed by atoms with Gasteiger partial charge in [0.2, 0.25) is 5.91 Å². The number of hydrogen-bond donors (Lipinski definition) is 2. The lowest BCUT2D eigenvalue weighted by atomic mass is 10.0. The molecule has 0 heterocycles. The van der Waals surface area contributed by atoms with E-state index in [4.69, 9.17) is 9.05 Å². The zero-order chi connectivity index (χ0) is 54.9. The Morgan fingerprint density at radius 2 is 0.827 bits per heavy atom. The largest absolute Gasteiger partial charge is 0.756 e. The second-order valence-corrected chi connectivity index (χ2v) is 23.1. The summed E-state index contributed by atoms with van der Waals surface area (Å²) in [5.41, 5.74) is 0. The molecule has 0 aliphatic rings. The van der Waals surface area contributed by atoms with E-state index >= 15 is 0 Å². The van der Waals surface area contributed by atoms with Crippen LogP contribution >= 0.6 is 7.82 Å². The Morgan fingerprint density at radius 1 is 0.480 bits per heavy atom. The number of nitrogens with one attached hydrogen (secondary N) is 1. The number of amides is 1. The van der Waals surface area contributed by atoms with Crippen molar-refractivity contribution >= 4 is 13.7 Å². The lowest BCUT2D eigenvalue weighted by Gasteiger charge is -2.29. The Bertz CT molecular complexity index is 1590. The van der Waals surface area contributed by atoms with Gasteiger partial charge >= 0.3 is 0 Å². The molecule has 432 valence electrons. The standard InChI is InChI=1S/C66H117N2O6P/c1-6-8-10-12-14-16-18-20-22-24-26-27-28-29-30-31-32-33-34-35-36-37-38-39-40-41-42-44-46-48-50-52-54-56-58-60-66(70)67-64(63-74-75(71,72)73-62-61-68(3,4)5)65(69)59-57-55-53-51-49-47-45-43-25-23-21-19-17-15-13-11-9-7-2/h8,10,14,16,20,22,25-27,29-30,32-33,43,49,51,57,59,64-65,69H,6-7,9,11-13,15,17-19,21,23-24,28,31,34-42,44-48,50,52-56,58,60-63H2,1-5H3,(H-,67,70,71,72)/b10-8-,16-14-,22-20-,27-26-,30-29-,33-32-,43-25+,51-49+,59-57+. The summed E-state index contributed by atoms with van der Waals surface area (Å²) >= 11 is 0. The van der Waals surface area contributed by atoms with Gasteiger partial charge in [-0.3, -0.25) is 9.36 Å². The van der Waals surface area contributed by atoms with Crippen molar-refractivity contribution in [1.82, 2.24) is 5.32 Å². The van der Waals surface area contributed by atoms with Crippen molar-refractivity contribution in [2.45, 2.75) is 264 Å². The fourth-order valence-corrected chi connectivity index (χ4v) is 9.15. The Hall–Kier alpha value is -2.84. The number of likely N-dealkylation sites (N-methyl/N-ethyl adjacent to an activating group) is 1. The van der Waals surface area contributed by atoms with Gasteiger partial charge in [0.1, 0.15) is 13.2 Å². The number of quaternary nitrogens is 1. The number of aliphatic hydroxyl groups is 1. The second kappa shape index (κ2) is 55.9. The van der Waals surface area contributed by atoms with Crippen molar-refractivity contribution in [3.05, 3.63) is 109 Å². The van der Waals surface area contributed by atoms with Crippen LogP contribution < -0.4 is 10.2 Å². The van der Waals surface area contributed by atoms with E-state index in [-0.39, 0.29) is 12.5 Å². The number of nitrogens with zero attached hydrogens (tertiary/aromatic N) is 1. The molecule has 0 radical (unpaired) electrons. The van der Waals surface area contributed by atoms with Crippen molar-refractivity contribution < 1.29 is 32.9 Å². The second-order valence-electron chi connectivity index (χ2n) is 21.7. The molecule has 0 aromatic rings. The van der Waals surface area contributed by atoms with Gasteiger partial charge in [0.15, 0.2) is 0 Å². The average molecular weight is 1070 g/mol. The number of rotatable bonds is 55. The molecule has 0 aromatic heterocycles. The van der Waals surface area contributed by atoms with Crippen molar-refractivity contribution in [2.75, 3.05) is 40.9 Å². The molecule has 9 heteroatoms. The van der Waals surface area contributed by atoms with Crippen LogP contribution in [0.4, 0.5) is 0 Å². The molecule has 0 aliphatic carbocycles. The van der Waals surface area contributed by atoms with Crippen molar-refractivity contribution in [2.24, 2.45) is 0 Å². The van der Waals surface area contributed by atoms with Gasteiger partial charge in [0, 0.05) is 6.42 Å². The fraction of sp³-hybridized carbons (Fsp3) is 0.712. The number of allylic oxidation sites excluding steroid dienone is 17. The minimum Gasteiger partial charge on any atom is -0.756 e. The molecule has 0 rings (SSSR count). The van der Waals surface area contributed by atoms with Crippen LogP contribution in [0.3, 0.4) is 0 Å². The summed E-state index contributed by atoms with van der Waals surface area (Å²) in [5, 5.41) is 13.9. The van der Waals surface area contributed by atoms with E-state index in [1.54, 1.807) is 6.08 Å². The van der Waals surface area contributed by atoms with Crippen molar-refractivity contribution in [1.29, 1.82) is 0 Å². The maximum atomic E-state index is 13.0. The molecule has 75 heavy (non-hydrogen) atoms. The number of unbranched alkanes of at least 4 members (excludes halogenated alkanes) is 26. The highest BCUT2D eigenvalue weighted by atomic mass is 31.2. The van der Waals surface area contributed by atoms with Crippen molar-refractivity contribution in [3.8, 4) is 0 Å². The first-order chi connectivity index (χ1) is 36.5. The molecular formula is C66H117N2O6P. The van der Waals surface area contributed by atoms with Crippen LogP contribution in [0.15, 0.2) is 109 Å². The molecule has 0 bridgehead atoms. The molecule has 2 N–H and O–H groups in total. The first-order valence-electron chi connectivity index (χ1n) is 30.7. The third-order valence-corrected chi connectivity index (χ3v) is 14.2. The van der Waals surface area contributed by atoms with Gasteiger partial charge in [-0.25, -0.2) is 0 Å². The Morgan fingerprint density at radius 3 is 1.24 bits per heavy atom. The third-order valence-electron chi connectivity index (χ3n) is 13.2. The summed E-state index contributed by atoms with van der Waals surface area (Å²) in [6.45, 7) is 4.50. The van der Waals surface area contributed by atoms with E-state index in [1.807, 2.05) is 27.2 Å². The third kappa shape index (κ3) is 58.7. The van der Waals surface area contributed by atoms with E-state index in [0.29, 0.717) is 17.4 Å².